The van der Waals surface area contributed by atoms with Crippen LogP contribution in [0.2, 0.25) is 0 Å². The number of rotatable bonds is 2. The molecule has 4 rings (SSSR count). The van der Waals surface area contributed by atoms with Crippen molar-refractivity contribution in [2.45, 2.75) is 18.4 Å². The number of thiazole rings is 1. The molecule has 0 radical (unpaired) electrons. The van der Waals surface area contributed by atoms with E-state index in [4.69, 9.17) is 5.26 Å². The summed E-state index contributed by atoms with van der Waals surface area (Å²) < 4.78 is 3.37. The van der Waals surface area contributed by atoms with Crippen LogP contribution in [0.15, 0.2) is 52.3 Å². The van der Waals surface area contributed by atoms with Crippen molar-refractivity contribution in [1.82, 2.24) is 9.55 Å². The van der Waals surface area contributed by atoms with Crippen LogP contribution in [0, 0.1) is 11.3 Å². The van der Waals surface area contributed by atoms with E-state index in [1.54, 1.807) is 22.5 Å². The van der Waals surface area contributed by atoms with Crippen LogP contribution in [-0.2, 0) is 6.54 Å². The van der Waals surface area contributed by atoms with Crippen LogP contribution in [-0.4, -0.2) is 16.6 Å². The summed E-state index contributed by atoms with van der Waals surface area (Å²) in [5.41, 5.74) is 2.41. The van der Waals surface area contributed by atoms with Gasteiger partial charge in [-0.05, 0) is 43.3 Å². The van der Waals surface area contributed by atoms with E-state index in [1.165, 1.54) is 11.3 Å². The summed E-state index contributed by atoms with van der Waals surface area (Å²) in [5, 5.41) is 10.1. The monoisotopic (exact) mass is 392 g/mol. The molecule has 27 heavy (non-hydrogen) atoms. The molecule has 0 atom stereocenters. The highest BCUT2D eigenvalue weighted by molar-refractivity contribution is 8.08. The van der Waals surface area contributed by atoms with Crippen LogP contribution in [0.5, 0.6) is 0 Å². The minimum Gasteiger partial charge on any atom is -0.337 e. The second kappa shape index (κ2) is 7.06. The molecule has 2 aromatic heterocycles. The molecule has 1 aliphatic rings. The van der Waals surface area contributed by atoms with E-state index >= 15 is 0 Å². The largest absolute Gasteiger partial charge is 0.337 e. The maximum absolute atomic E-state index is 13.0. The van der Waals surface area contributed by atoms with Crippen LogP contribution in [0.25, 0.3) is 11.1 Å². The summed E-state index contributed by atoms with van der Waals surface area (Å²) in [5.74, 6) is 0. The fourth-order valence-corrected chi connectivity index (χ4v) is 5.41. The van der Waals surface area contributed by atoms with Gasteiger partial charge in [0.15, 0.2) is 0 Å². The number of nitriles is 1. The Balaban J connectivity index is 1.92. The predicted octanol–water partition coefficient (Wildman–Crippen LogP) is 2.33. The number of aromatic nitrogens is 2. The zero-order chi connectivity index (χ0) is 19.0. The van der Waals surface area contributed by atoms with E-state index in [-0.39, 0.29) is 5.56 Å². The summed E-state index contributed by atoms with van der Waals surface area (Å²) in [4.78, 5) is 20.4. The van der Waals surface area contributed by atoms with Crippen LogP contribution < -0.4 is 19.7 Å². The lowest BCUT2D eigenvalue weighted by atomic mass is 10.2. The molecule has 0 unspecified atom stereocenters. The predicted molar refractivity (Wildman–Crippen MR) is 110 cm³/mol. The Kier molecular flexibility index (Phi) is 4.60. The SMILES string of the molecule is CCn1c(=Cc2ccccn2)sc(=C2Sc3ccc(C#N)cc3N2C)c1=O. The Morgan fingerprint density at radius 3 is 2.85 bits per heavy atom. The first-order valence-electron chi connectivity index (χ1n) is 8.45. The Morgan fingerprint density at radius 1 is 1.30 bits per heavy atom. The van der Waals surface area contributed by atoms with Gasteiger partial charge in [-0.25, -0.2) is 0 Å². The van der Waals surface area contributed by atoms with Gasteiger partial charge in [-0.1, -0.05) is 17.8 Å². The molecule has 0 N–H and O–H groups in total. The summed E-state index contributed by atoms with van der Waals surface area (Å²) in [6, 6.07) is 13.5. The molecule has 7 heteroatoms. The molecule has 5 nitrogen and oxygen atoms in total. The molecule has 0 amide bonds. The van der Waals surface area contributed by atoms with Gasteiger partial charge in [0.25, 0.3) is 5.56 Å². The fourth-order valence-electron chi connectivity index (χ4n) is 2.97. The molecule has 134 valence electrons. The second-order valence-electron chi connectivity index (χ2n) is 5.98. The quantitative estimate of drug-likeness (QED) is 0.670. The zero-order valence-corrected chi connectivity index (χ0v) is 16.5. The number of hydrogen-bond acceptors (Lipinski definition) is 6. The highest BCUT2D eigenvalue weighted by Crippen LogP contribution is 2.45. The number of thioether (sulfide) groups is 1. The highest BCUT2D eigenvalue weighted by Gasteiger charge is 2.25. The minimum atomic E-state index is 0.00680. The van der Waals surface area contributed by atoms with E-state index in [2.05, 4.69) is 11.1 Å². The van der Waals surface area contributed by atoms with Gasteiger partial charge in [0.2, 0.25) is 0 Å². The standard InChI is InChI=1S/C20H16N4OS2/c1-3-24-17(11-14-6-4-5-9-22-14)27-18(19(24)25)20-23(2)15-10-13(12-21)7-8-16(15)26-20/h4-11H,3H2,1-2H3. The average Bonchev–Trinajstić information content (AvgIpc) is 3.18. The molecule has 3 heterocycles. The fraction of sp³-hybridized carbons (Fsp3) is 0.150. The maximum atomic E-state index is 13.0. The lowest BCUT2D eigenvalue weighted by molar-refractivity contribution is 0.722. The lowest BCUT2D eigenvalue weighted by Crippen LogP contribution is -2.33. The molecule has 1 aromatic carbocycles. The zero-order valence-electron chi connectivity index (χ0n) is 14.8. The second-order valence-corrected chi connectivity index (χ2v) is 8.04. The van der Waals surface area contributed by atoms with Gasteiger partial charge in [-0.15, -0.1) is 11.3 Å². The number of benzene rings is 1. The number of hydrogen-bond donors (Lipinski definition) is 0. The maximum Gasteiger partial charge on any atom is 0.271 e. The summed E-state index contributed by atoms with van der Waals surface area (Å²) in [7, 11) is 1.94. The van der Waals surface area contributed by atoms with Crippen molar-refractivity contribution < 1.29 is 0 Å². The molecule has 0 fully saturated rings. The molecule has 0 saturated heterocycles. The van der Waals surface area contributed by atoms with Crippen molar-refractivity contribution in [3.8, 4) is 6.07 Å². The van der Waals surface area contributed by atoms with Crippen LogP contribution in [0.1, 0.15) is 18.2 Å². The Labute approximate surface area is 164 Å². The van der Waals surface area contributed by atoms with Gasteiger partial charge < -0.3 is 4.90 Å². The third kappa shape index (κ3) is 3.07. The molecule has 0 aliphatic carbocycles. The molecular formula is C20H16N4OS2. The first kappa shape index (κ1) is 17.6. The molecule has 1 aliphatic heterocycles. The number of nitrogens with zero attached hydrogens (tertiary/aromatic N) is 4. The van der Waals surface area contributed by atoms with Crippen LogP contribution in [0.4, 0.5) is 5.69 Å². The highest BCUT2D eigenvalue weighted by atomic mass is 32.2. The van der Waals surface area contributed by atoms with E-state index in [9.17, 15) is 4.79 Å². The van der Waals surface area contributed by atoms with Gasteiger partial charge in [0.1, 0.15) is 14.2 Å². The van der Waals surface area contributed by atoms with Gasteiger partial charge in [-0.2, -0.15) is 5.26 Å². The molecule has 0 spiro atoms. The van der Waals surface area contributed by atoms with Crippen molar-refractivity contribution in [3.63, 3.8) is 0 Å². The molecule has 0 saturated carbocycles. The Hall–Kier alpha value is -2.82. The third-order valence-corrected chi connectivity index (χ3v) is 6.83. The topological polar surface area (TPSA) is 61.9 Å². The number of pyridine rings is 1. The van der Waals surface area contributed by atoms with Crippen molar-refractivity contribution >= 4 is 39.9 Å². The van der Waals surface area contributed by atoms with Crippen molar-refractivity contribution in [1.29, 1.82) is 5.26 Å². The Morgan fingerprint density at radius 2 is 2.15 bits per heavy atom. The Bertz CT molecular complexity index is 1240. The van der Waals surface area contributed by atoms with Crippen molar-refractivity contribution in [2.75, 3.05) is 11.9 Å². The van der Waals surface area contributed by atoms with Crippen LogP contribution >= 0.6 is 23.1 Å². The normalized spacial score (nSPS) is 15.7. The number of anilines is 1. The van der Waals surface area contributed by atoms with E-state index in [0.717, 1.165) is 26.0 Å². The third-order valence-electron chi connectivity index (χ3n) is 4.34. The average molecular weight is 393 g/mol. The van der Waals surface area contributed by atoms with E-state index in [1.807, 2.05) is 61.3 Å². The number of fused-ring (bicyclic) bond motifs is 1. The van der Waals surface area contributed by atoms with E-state index < -0.39 is 0 Å². The molecule has 0 bridgehead atoms. The van der Waals surface area contributed by atoms with Crippen molar-refractivity contribution in [2.24, 2.45) is 0 Å². The van der Waals surface area contributed by atoms with Crippen LogP contribution in [0.3, 0.4) is 0 Å². The minimum absolute atomic E-state index is 0.00680. The first-order valence-corrected chi connectivity index (χ1v) is 10.1. The first-order chi connectivity index (χ1) is 13.1. The molecular weight excluding hydrogens is 376 g/mol. The van der Waals surface area contributed by atoms with Gasteiger partial charge in [0, 0.05) is 24.7 Å². The smallest absolute Gasteiger partial charge is 0.271 e. The van der Waals surface area contributed by atoms with Crippen molar-refractivity contribution in [3.05, 3.63) is 73.4 Å². The van der Waals surface area contributed by atoms with E-state index in [0.29, 0.717) is 16.6 Å². The lowest BCUT2D eigenvalue weighted by Gasteiger charge is -2.12. The van der Waals surface area contributed by atoms with Gasteiger partial charge in [-0.3, -0.25) is 14.3 Å². The summed E-state index contributed by atoms with van der Waals surface area (Å²) >= 11 is 3.05. The summed E-state index contributed by atoms with van der Waals surface area (Å²) in [6.07, 6.45) is 3.69. The van der Waals surface area contributed by atoms with Gasteiger partial charge >= 0.3 is 0 Å². The summed E-state index contributed by atoms with van der Waals surface area (Å²) in [6.45, 7) is 2.57. The van der Waals surface area contributed by atoms with Gasteiger partial charge in [0.05, 0.1) is 23.0 Å². The molecule has 3 aromatic rings.